The monoisotopic (exact) mass is 507 g/mol. The molecule has 188 valence electrons. The SMILES string of the molecule is O=C1C2C3C=C[C@@H](C3)[C@@H]2C(=O)N1CC(CN1CCN(c2ncccn2)CC1)OCc1ccc(Cl)cc1. The molecule has 9 heteroatoms. The number of likely N-dealkylation sites (tertiary alicyclic amines) is 1. The molecular formula is C27H30ClN5O3. The molecule has 5 atom stereocenters. The summed E-state index contributed by atoms with van der Waals surface area (Å²) in [5, 5.41) is 0.679. The molecule has 8 nitrogen and oxygen atoms in total. The van der Waals surface area contributed by atoms with E-state index in [4.69, 9.17) is 16.3 Å². The third kappa shape index (κ3) is 4.53. The van der Waals surface area contributed by atoms with Gasteiger partial charge >= 0.3 is 0 Å². The van der Waals surface area contributed by atoms with Gasteiger partial charge in [-0.15, -0.1) is 0 Å². The van der Waals surface area contributed by atoms with Crippen LogP contribution in [-0.2, 0) is 20.9 Å². The Morgan fingerprint density at radius 3 is 2.19 bits per heavy atom. The molecule has 3 unspecified atom stereocenters. The molecule has 0 spiro atoms. The zero-order valence-corrected chi connectivity index (χ0v) is 20.8. The third-order valence-electron chi connectivity index (χ3n) is 8.02. The van der Waals surface area contributed by atoms with Gasteiger partial charge in [0.15, 0.2) is 0 Å². The molecule has 1 saturated carbocycles. The van der Waals surface area contributed by atoms with Crippen LogP contribution in [0.5, 0.6) is 0 Å². The number of carbonyl (C=O) groups excluding carboxylic acids is 2. The molecule has 2 bridgehead atoms. The van der Waals surface area contributed by atoms with Crippen LogP contribution in [-0.4, -0.2) is 77.0 Å². The van der Waals surface area contributed by atoms with Crippen molar-refractivity contribution in [2.24, 2.45) is 23.7 Å². The molecule has 2 aliphatic heterocycles. The van der Waals surface area contributed by atoms with E-state index in [0.717, 1.165) is 44.1 Å². The second-order valence-electron chi connectivity index (χ2n) is 10.2. The molecule has 1 aromatic carbocycles. The van der Waals surface area contributed by atoms with Crippen LogP contribution in [0.3, 0.4) is 0 Å². The van der Waals surface area contributed by atoms with Gasteiger partial charge in [-0.3, -0.25) is 19.4 Å². The number of rotatable bonds is 8. The zero-order valence-electron chi connectivity index (χ0n) is 20.1. The zero-order chi connectivity index (χ0) is 24.6. The van der Waals surface area contributed by atoms with Crippen molar-refractivity contribution >= 4 is 29.4 Å². The summed E-state index contributed by atoms with van der Waals surface area (Å²) in [6.45, 7) is 4.63. The van der Waals surface area contributed by atoms with Gasteiger partial charge in [-0.2, -0.15) is 0 Å². The largest absolute Gasteiger partial charge is 0.370 e. The molecule has 2 aromatic rings. The number of amides is 2. The summed E-state index contributed by atoms with van der Waals surface area (Å²) in [6, 6.07) is 9.39. The van der Waals surface area contributed by atoms with Gasteiger partial charge in [-0.1, -0.05) is 35.9 Å². The first-order valence-electron chi connectivity index (χ1n) is 12.7. The normalized spacial score (nSPS) is 28.2. The van der Waals surface area contributed by atoms with Crippen molar-refractivity contribution in [3.63, 3.8) is 0 Å². The Labute approximate surface area is 215 Å². The highest BCUT2D eigenvalue weighted by Crippen LogP contribution is 2.52. The number of nitrogens with zero attached hydrogens (tertiary/aromatic N) is 5. The van der Waals surface area contributed by atoms with Gasteiger partial charge in [-0.05, 0) is 42.0 Å². The van der Waals surface area contributed by atoms with Gasteiger partial charge in [0, 0.05) is 50.1 Å². The maximum atomic E-state index is 13.3. The highest BCUT2D eigenvalue weighted by molar-refractivity contribution is 6.30. The highest BCUT2D eigenvalue weighted by atomic mass is 35.5. The Bertz CT molecular complexity index is 1110. The molecular weight excluding hydrogens is 478 g/mol. The minimum absolute atomic E-state index is 0.0204. The molecule has 4 aliphatic rings. The maximum absolute atomic E-state index is 13.3. The Morgan fingerprint density at radius 1 is 0.917 bits per heavy atom. The topological polar surface area (TPSA) is 78.9 Å². The summed E-state index contributed by atoms with van der Waals surface area (Å²) in [7, 11) is 0. The number of carbonyl (C=O) groups is 2. The number of halogens is 1. The first kappa shape index (κ1) is 23.6. The second kappa shape index (κ2) is 9.92. The highest BCUT2D eigenvalue weighted by Gasteiger charge is 2.59. The summed E-state index contributed by atoms with van der Waals surface area (Å²) in [5.74, 6) is 0.765. The van der Waals surface area contributed by atoms with Crippen LogP contribution in [0.4, 0.5) is 5.95 Å². The molecule has 2 saturated heterocycles. The van der Waals surface area contributed by atoms with Gasteiger partial charge in [0.25, 0.3) is 0 Å². The van der Waals surface area contributed by atoms with E-state index in [9.17, 15) is 9.59 Å². The minimum atomic E-state index is -0.280. The number of fused-ring (bicyclic) bond motifs is 5. The van der Waals surface area contributed by atoms with Crippen molar-refractivity contribution in [1.82, 2.24) is 19.8 Å². The van der Waals surface area contributed by atoms with Crippen molar-refractivity contribution in [1.29, 1.82) is 0 Å². The molecule has 36 heavy (non-hydrogen) atoms. The fraction of sp³-hybridized carbons (Fsp3) is 0.481. The van der Waals surface area contributed by atoms with Gasteiger partial charge in [-0.25, -0.2) is 9.97 Å². The molecule has 6 rings (SSSR count). The Morgan fingerprint density at radius 2 is 1.56 bits per heavy atom. The van der Waals surface area contributed by atoms with E-state index in [1.54, 1.807) is 12.4 Å². The van der Waals surface area contributed by atoms with Crippen LogP contribution in [0, 0.1) is 23.7 Å². The van der Waals surface area contributed by atoms with Crippen LogP contribution in [0.1, 0.15) is 12.0 Å². The van der Waals surface area contributed by atoms with E-state index >= 15 is 0 Å². The number of ether oxygens (including phenoxy) is 1. The average Bonchev–Trinajstić information content (AvgIpc) is 3.59. The predicted molar refractivity (Wildman–Crippen MR) is 135 cm³/mol. The van der Waals surface area contributed by atoms with Crippen LogP contribution >= 0.6 is 11.6 Å². The van der Waals surface area contributed by atoms with Crippen LogP contribution in [0.2, 0.25) is 5.02 Å². The first-order chi connectivity index (χ1) is 17.6. The molecule has 2 aliphatic carbocycles. The summed E-state index contributed by atoms with van der Waals surface area (Å²) >= 11 is 6.03. The van der Waals surface area contributed by atoms with Gasteiger partial charge < -0.3 is 9.64 Å². The number of aromatic nitrogens is 2. The number of benzene rings is 1. The summed E-state index contributed by atoms with van der Waals surface area (Å²) in [4.78, 5) is 41.3. The lowest BCUT2D eigenvalue weighted by molar-refractivity contribution is -0.143. The number of hydrogen-bond acceptors (Lipinski definition) is 7. The van der Waals surface area contributed by atoms with E-state index in [1.807, 2.05) is 30.3 Å². The lowest BCUT2D eigenvalue weighted by Crippen LogP contribution is -2.51. The van der Waals surface area contributed by atoms with Crippen molar-refractivity contribution in [2.75, 3.05) is 44.2 Å². The van der Waals surface area contributed by atoms with Crippen molar-refractivity contribution in [2.45, 2.75) is 19.1 Å². The summed E-state index contributed by atoms with van der Waals surface area (Å²) in [5.41, 5.74) is 1.01. The molecule has 0 radical (unpaired) electrons. The number of imide groups is 1. The number of anilines is 1. The van der Waals surface area contributed by atoms with E-state index in [-0.39, 0.29) is 41.6 Å². The smallest absolute Gasteiger partial charge is 0.233 e. The Kier molecular flexibility index (Phi) is 6.50. The molecule has 1 aromatic heterocycles. The summed E-state index contributed by atoms with van der Waals surface area (Å²) < 4.78 is 6.35. The lowest BCUT2D eigenvalue weighted by Gasteiger charge is -2.37. The average molecular weight is 508 g/mol. The summed E-state index contributed by atoms with van der Waals surface area (Å²) in [6.07, 6.45) is 8.44. The third-order valence-corrected chi connectivity index (χ3v) is 8.27. The fourth-order valence-corrected chi connectivity index (χ4v) is 6.30. The molecule has 0 N–H and O–H groups in total. The quantitative estimate of drug-likeness (QED) is 0.401. The van der Waals surface area contributed by atoms with E-state index in [0.29, 0.717) is 24.7 Å². The molecule has 3 fully saturated rings. The van der Waals surface area contributed by atoms with Crippen LogP contribution < -0.4 is 4.90 Å². The van der Waals surface area contributed by atoms with E-state index in [1.165, 1.54) is 4.90 Å². The Hall–Kier alpha value is -2.81. The second-order valence-corrected chi connectivity index (χ2v) is 10.6. The fourth-order valence-electron chi connectivity index (χ4n) is 6.18. The minimum Gasteiger partial charge on any atom is -0.370 e. The van der Waals surface area contributed by atoms with Crippen LogP contribution in [0.15, 0.2) is 54.9 Å². The van der Waals surface area contributed by atoms with Crippen molar-refractivity contribution in [3.05, 3.63) is 65.5 Å². The maximum Gasteiger partial charge on any atom is 0.233 e. The number of hydrogen-bond donors (Lipinski definition) is 0. The number of allylic oxidation sites excluding steroid dienone is 2. The van der Waals surface area contributed by atoms with E-state index in [2.05, 4.69) is 31.9 Å². The first-order valence-corrected chi connectivity index (χ1v) is 13.1. The van der Waals surface area contributed by atoms with Crippen molar-refractivity contribution in [3.8, 4) is 0 Å². The van der Waals surface area contributed by atoms with Crippen LogP contribution in [0.25, 0.3) is 0 Å². The molecule has 3 heterocycles. The van der Waals surface area contributed by atoms with Gasteiger partial charge in [0.05, 0.1) is 31.1 Å². The molecule has 2 amide bonds. The van der Waals surface area contributed by atoms with Gasteiger partial charge in [0.1, 0.15) is 0 Å². The lowest BCUT2D eigenvalue weighted by atomic mass is 9.85. The van der Waals surface area contributed by atoms with E-state index < -0.39 is 0 Å². The van der Waals surface area contributed by atoms with Crippen molar-refractivity contribution < 1.29 is 14.3 Å². The predicted octanol–water partition coefficient (Wildman–Crippen LogP) is 2.64. The van der Waals surface area contributed by atoms with Gasteiger partial charge in [0.2, 0.25) is 17.8 Å². The standard InChI is InChI=1S/C27H30ClN5O3/c28-21-6-2-18(3-7-21)17-36-22(15-31-10-12-32(13-11-31)27-29-8-1-9-30-27)16-33-25(34)23-19-4-5-20(14-19)24(23)26(33)35/h1-9,19-20,22-24H,10-17H2/t19-,20?,22?,23-,24?/m0/s1. The number of piperazine rings is 1. The Balaban J connectivity index is 1.12.